The molecule has 1 aromatic rings. The van der Waals surface area contributed by atoms with Gasteiger partial charge in [-0.15, -0.1) is 0 Å². The fourth-order valence-corrected chi connectivity index (χ4v) is 4.39. The molecular formula is C21H31N3O2. The van der Waals surface area contributed by atoms with Crippen molar-refractivity contribution in [3.05, 3.63) is 30.1 Å². The van der Waals surface area contributed by atoms with Gasteiger partial charge < -0.3 is 9.80 Å². The highest BCUT2D eigenvalue weighted by Gasteiger charge is 2.42. The van der Waals surface area contributed by atoms with Crippen molar-refractivity contribution in [2.24, 2.45) is 5.41 Å². The Kier molecular flexibility index (Phi) is 6.28. The molecule has 1 aromatic heterocycles. The molecule has 0 radical (unpaired) electrons. The summed E-state index contributed by atoms with van der Waals surface area (Å²) in [5.74, 6) is 0.536. The lowest BCUT2D eigenvalue weighted by Gasteiger charge is -2.48. The average Bonchev–Trinajstić information content (AvgIpc) is 2.66. The van der Waals surface area contributed by atoms with E-state index in [1.807, 2.05) is 17.0 Å². The first-order valence-corrected chi connectivity index (χ1v) is 10.1. The Hall–Kier alpha value is -1.91. The Labute approximate surface area is 156 Å². The zero-order valence-corrected chi connectivity index (χ0v) is 16.0. The van der Waals surface area contributed by atoms with Crippen molar-refractivity contribution in [3.63, 3.8) is 0 Å². The standard InChI is InChI=1S/C21H31N3O2/c1-2-3-4-6-19(25)23-14-5-10-21(16-23)11-7-20(26)24(17-21)15-18-8-12-22-13-9-18/h8-9,12-13H,2-7,10-11,14-17H2,1H3/t21-/m0/s1. The van der Waals surface area contributed by atoms with Crippen LogP contribution in [0.4, 0.5) is 0 Å². The van der Waals surface area contributed by atoms with Crippen LogP contribution in [-0.2, 0) is 16.1 Å². The molecule has 2 amide bonds. The Morgan fingerprint density at radius 2 is 2.00 bits per heavy atom. The SMILES string of the molecule is CCCCCC(=O)N1CCC[C@]2(CCC(=O)N(Cc3ccncc3)C2)C1. The molecule has 1 atom stereocenters. The van der Waals surface area contributed by atoms with E-state index in [0.717, 1.165) is 63.7 Å². The molecule has 0 bridgehead atoms. The number of amides is 2. The van der Waals surface area contributed by atoms with Crippen LogP contribution in [0.3, 0.4) is 0 Å². The summed E-state index contributed by atoms with van der Waals surface area (Å²) >= 11 is 0. The molecule has 1 spiro atoms. The molecule has 3 rings (SSSR count). The summed E-state index contributed by atoms with van der Waals surface area (Å²) in [6, 6.07) is 3.94. The third-order valence-corrected chi connectivity index (χ3v) is 5.88. The third kappa shape index (κ3) is 4.63. The highest BCUT2D eigenvalue weighted by Crippen LogP contribution is 2.39. The van der Waals surface area contributed by atoms with E-state index >= 15 is 0 Å². The summed E-state index contributed by atoms with van der Waals surface area (Å²) in [6.45, 7) is 5.28. The van der Waals surface area contributed by atoms with E-state index in [0.29, 0.717) is 25.3 Å². The normalized spacial score (nSPS) is 23.5. The maximum Gasteiger partial charge on any atom is 0.222 e. The van der Waals surface area contributed by atoms with E-state index in [4.69, 9.17) is 0 Å². The van der Waals surface area contributed by atoms with Gasteiger partial charge >= 0.3 is 0 Å². The number of hydrogen-bond acceptors (Lipinski definition) is 3. The predicted molar refractivity (Wildman–Crippen MR) is 101 cm³/mol. The van der Waals surface area contributed by atoms with Gasteiger partial charge in [-0.3, -0.25) is 14.6 Å². The fraction of sp³-hybridized carbons (Fsp3) is 0.667. The summed E-state index contributed by atoms with van der Waals surface area (Å²) in [5, 5.41) is 0. The Bertz CT molecular complexity index is 619. The topological polar surface area (TPSA) is 53.5 Å². The highest BCUT2D eigenvalue weighted by molar-refractivity contribution is 5.78. The number of piperidine rings is 2. The van der Waals surface area contributed by atoms with Crippen LogP contribution in [0.1, 0.15) is 63.9 Å². The third-order valence-electron chi connectivity index (χ3n) is 5.88. The second-order valence-electron chi connectivity index (χ2n) is 7.98. The minimum Gasteiger partial charge on any atom is -0.342 e. The van der Waals surface area contributed by atoms with E-state index in [1.165, 1.54) is 0 Å². The van der Waals surface area contributed by atoms with Gasteiger partial charge in [0.25, 0.3) is 0 Å². The van der Waals surface area contributed by atoms with Crippen LogP contribution in [-0.4, -0.2) is 46.2 Å². The van der Waals surface area contributed by atoms with Crippen molar-refractivity contribution in [2.45, 2.75) is 64.8 Å². The van der Waals surface area contributed by atoms with Crippen molar-refractivity contribution in [1.29, 1.82) is 0 Å². The van der Waals surface area contributed by atoms with Gasteiger partial charge in [0.1, 0.15) is 0 Å². The van der Waals surface area contributed by atoms with Crippen LogP contribution in [0.15, 0.2) is 24.5 Å². The molecule has 3 heterocycles. The maximum atomic E-state index is 12.6. The summed E-state index contributed by atoms with van der Waals surface area (Å²) in [6.07, 6.45) is 11.2. The minimum absolute atomic E-state index is 0.0829. The number of likely N-dealkylation sites (tertiary alicyclic amines) is 2. The van der Waals surface area contributed by atoms with Gasteiger partial charge in [-0.2, -0.15) is 0 Å². The number of aromatic nitrogens is 1. The van der Waals surface area contributed by atoms with Crippen molar-refractivity contribution in [2.75, 3.05) is 19.6 Å². The smallest absolute Gasteiger partial charge is 0.222 e. The first-order valence-electron chi connectivity index (χ1n) is 10.1. The van der Waals surface area contributed by atoms with Gasteiger partial charge in [-0.25, -0.2) is 0 Å². The predicted octanol–water partition coefficient (Wildman–Crippen LogP) is 3.39. The van der Waals surface area contributed by atoms with E-state index in [9.17, 15) is 9.59 Å². The number of unbranched alkanes of at least 4 members (excludes halogenated alkanes) is 2. The maximum absolute atomic E-state index is 12.6. The summed E-state index contributed by atoms with van der Waals surface area (Å²) in [5.41, 5.74) is 1.20. The van der Waals surface area contributed by atoms with Crippen LogP contribution >= 0.6 is 0 Å². The van der Waals surface area contributed by atoms with Gasteiger partial charge in [0, 0.05) is 56.8 Å². The molecule has 0 N–H and O–H groups in total. The quantitative estimate of drug-likeness (QED) is 0.733. The van der Waals surface area contributed by atoms with Crippen molar-refractivity contribution in [1.82, 2.24) is 14.8 Å². The molecule has 0 saturated carbocycles. The number of pyridine rings is 1. The first-order chi connectivity index (χ1) is 12.6. The lowest BCUT2D eigenvalue weighted by Crippen LogP contribution is -2.54. The average molecular weight is 357 g/mol. The molecule has 0 unspecified atom stereocenters. The van der Waals surface area contributed by atoms with E-state index in [2.05, 4.69) is 16.8 Å². The monoisotopic (exact) mass is 357 g/mol. The highest BCUT2D eigenvalue weighted by atomic mass is 16.2. The lowest BCUT2D eigenvalue weighted by atomic mass is 9.73. The minimum atomic E-state index is 0.0829. The molecule has 5 heteroatoms. The largest absolute Gasteiger partial charge is 0.342 e. The molecule has 142 valence electrons. The molecule has 0 aromatic carbocycles. The van der Waals surface area contributed by atoms with Crippen LogP contribution in [0.5, 0.6) is 0 Å². The lowest BCUT2D eigenvalue weighted by molar-refractivity contribution is -0.143. The van der Waals surface area contributed by atoms with Gasteiger partial charge in [0.05, 0.1) is 0 Å². The van der Waals surface area contributed by atoms with Crippen LogP contribution in [0.2, 0.25) is 0 Å². The number of hydrogen-bond donors (Lipinski definition) is 0. The molecule has 2 saturated heterocycles. The first kappa shape index (κ1) is 18.9. The van der Waals surface area contributed by atoms with Gasteiger partial charge in [0.15, 0.2) is 0 Å². The summed E-state index contributed by atoms with van der Waals surface area (Å²) < 4.78 is 0. The van der Waals surface area contributed by atoms with E-state index < -0.39 is 0 Å². The van der Waals surface area contributed by atoms with Crippen LogP contribution in [0.25, 0.3) is 0 Å². The second kappa shape index (κ2) is 8.65. The van der Waals surface area contributed by atoms with Gasteiger partial charge in [-0.1, -0.05) is 19.8 Å². The Morgan fingerprint density at radius 1 is 1.19 bits per heavy atom. The van der Waals surface area contributed by atoms with Crippen molar-refractivity contribution in [3.8, 4) is 0 Å². The van der Waals surface area contributed by atoms with Crippen molar-refractivity contribution >= 4 is 11.8 Å². The summed E-state index contributed by atoms with van der Waals surface area (Å²) in [4.78, 5) is 33.1. The van der Waals surface area contributed by atoms with E-state index in [-0.39, 0.29) is 11.3 Å². The fourth-order valence-electron chi connectivity index (χ4n) is 4.39. The number of carbonyl (C=O) groups is 2. The molecule has 26 heavy (non-hydrogen) atoms. The van der Waals surface area contributed by atoms with Crippen LogP contribution in [0, 0.1) is 5.41 Å². The molecule has 2 aliphatic rings. The molecule has 5 nitrogen and oxygen atoms in total. The Balaban J connectivity index is 1.62. The number of carbonyl (C=O) groups excluding carboxylic acids is 2. The van der Waals surface area contributed by atoms with E-state index in [1.54, 1.807) is 12.4 Å². The Morgan fingerprint density at radius 3 is 2.77 bits per heavy atom. The summed E-state index contributed by atoms with van der Waals surface area (Å²) in [7, 11) is 0. The molecule has 2 fully saturated rings. The number of rotatable bonds is 6. The zero-order chi connectivity index (χ0) is 18.4. The molecular weight excluding hydrogens is 326 g/mol. The molecule has 0 aliphatic carbocycles. The molecule has 2 aliphatic heterocycles. The number of nitrogens with zero attached hydrogens (tertiary/aromatic N) is 3. The second-order valence-corrected chi connectivity index (χ2v) is 7.98. The van der Waals surface area contributed by atoms with Gasteiger partial charge in [-0.05, 0) is 43.4 Å². The van der Waals surface area contributed by atoms with Crippen molar-refractivity contribution < 1.29 is 9.59 Å². The zero-order valence-electron chi connectivity index (χ0n) is 16.0. The van der Waals surface area contributed by atoms with Crippen LogP contribution < -0.4 is 0 Å². The van der Waals surface area contributed by atoms with Gasteiger partial charge in [0.2, 0.25) is 11.8 Å².